The van der Waals surface area contributed by atoms with Crippen LogP contribution in [0.25, 0.3) is 11.3 Å². The number of hydrogen-bond donors (Lipinski definition) is 1. The lowest BCUT2D eigenvalue weighted by molar-refractivity contribution is 0.00647. The van der Waals surface area contributed by atoms with Crippen LogP contribution in [0.15, 0.2) is 24.3 Å². The smallest absolute Gasteiger partial charge is 0.341 e. The lowest BCUT2D eigenvalue weighted by atomic mass is 10.0. The molecule has 0 spiro atoms. The zero-order valence-corrected chi connectivity index (χ0v) is 14.6. The van der Waals surface area contributed by atoms with Gasteiger partial charge in [-0.2, -0.15) is 4.37 Å². The van der Waals surface area contributed by atoms with Crippen molar-refractivity contribution in [2.24, 2.45) is 0 Å². The molecule has 0 aliphatic carbocycles. The van der Waals surface area contributed by atoms with E-state index in [-0.39, 0.29) is 5.56 Å². The maximum absolute atomic E-state index is 14.2. The Kier molecular flexibility index (Phi) is 4.59. The molecule has 0 saturated heterocycles. The molecule has 124 valence electrons. The van der Waals surface area contributed by atoms with Crippen LogP contribution in [0.3, 0.4) is 0 Å². The number of ether oxygens (including phenoxy) is 1. The molecule has 1 aromatic carbocycles. The number of rotatable bonds is 3. The second-order valence-corrected chi connectivity index (χ2v) is 7.64. The summed E-state index contributed by atoms with van der Waals surface area (Å²) in [4.78, 5) is 12.6. The quantitative estimate of drug-likeness (QED) is 0.856. The van der Waals surface area contributed by atoms with Gasteiger partial charge in [-0.1, -0.05) is 6.07 Å². The van der Waals surface area contributed by atoms with E-state index in [1.165, 1.54) is 12.1 Å². The predicted molar refractivity (Wildman–Crippen MR) is 87.9 cm³/mol. The first-order valence-corrected chi connectivity index (χ1v) is 7.97. The second-order valence-electron chi connectivity index (χ2n) is 6.83. The highest BCUT2D eigenvalue weighted by molar-refractivity contribution is 7.06. The molecule has 2 aromatic rings. The SMILES string of the molecule is CC(C)(C)OC(=O)c1ccc(-c2cc(C(C)(C)O)sn2)cc1F. The fourth-order valence-corrected chi connectivity index (χ4v) is 2.62. The van der Waals surface area contributed by atoms with Crippen LogP contribution in [0.1, 0.15) is 49.9 Å². The molecule has 0 bridgehead atoms. The Balaban J connectivity index is 2.29. The zero-order valence-electron chi connectivity index (χ0n) is 13.8. The van der Waals surface area contributed by atoms with Crippen molar-refractivity contribution in [2.75, 3.05) is 0 Å². The molecule has 1 N–H and O–H groups in total. The van der Waals surface area contributed by atoms with Crippen LogP contribution in [0.5, 0.6) is 0 Å². The van der Waals surface area contributed by atoms with E-state index in [0.717, 1.165) is 11.5 Å². The minimum atomic E-state index is -0.995. The number of esters is 1. The molecule has 0 radical (unpaired) electrons. The van der Waals surface area contributed by atoms with Crippen LogP contribution in [0.4, 0.5) is 4.39 Å². The predicted octanol–water partition coefficient (Wildman–Crippen LogP) is 4.13. The summed E-state index contributed by atoms with van der Waals surface area (Å²) in [5.74, 6) is -1.36. The Morgan fingerprint density at radius 3 is 2.35 bits per heavy atom. The third-order valence-electron chi connectivity index (χ3n) is 3.00. The Hall–Kier alpha value is -1.79. The molecular weight excluding hydrogens is 317 g/mol. The van der Waals surface area contributed by atoms with E-state index < -0.39 is 23.0 Å². The van der Waals surface area contributed by atoms with Crippen LogP contribution in [0.2, 0.25) is 0 Å². The Labute approximate surface area is 139 Å². The van der Waals surface area contributed by atoms with Crippen molar-refractivity contribution >= 4 is 17.5 Å². The van der Waals surface area contributed by atoms with E-state index in [2.05, 4.69) is 4.37 Å². The van der Waals surface area contributed by atoms with Gasteiger partial charge in [-0.25, -0.2) is 9.18 Å². The van der Waals surface area contributed by atoms with E-state index >= 15 is 0 Å². The number of aromatic nitrogens is 1. The summed E-state index contributed by atoms with van der Waals surface area (Å²) in [6.07, 6.45) is 0. The number of nitrogens with zero attached hydrogens (tertiary/aromatic N) is 1. The molecule has 4 nitrogen and oxygen atoms in total. The molecule has 0 saturated carbocycles. The topological polar surface area (TPSA) is 59.4 Å². The Morgan fingerprint density at radius 1 is 1.22 bits per heavy atom. The van der Waals surface area contributed by atoms with E-state index in [0.29, 0.717) is 16.1 Å². The van der Waals surface area contributed by atoms with Crippen LogP contribution in [0, 0.1) is 5.82 Å². The van der Waals surface area contributed by atoms with E-state index in [9.17, 15) is 14.3 Å². The highest BCUT2D eigenvalue weighted by atomic mass is 32.1. The third kappa shape index (κ3) is 4.36. The van der Waals surface area contributed by atoms with Crippen molar-refractivity contribution in [1.82, 2.24) is 4.37 Å². The summed E-state index contributed by atoms with van der Waals surface area (Å²) in [6, 6.07) is 5.97. The molecule has 0 atom stereocenters. The van der Waals surface area contributed by atoms with E-state index in [1.54, 1.807) is 46.8 Å². The van der Waals surface area contributed by atoms with Crippen molar-refractivity contribution in [2.45, 2.75) is 45.8 Å². The van der Waals surface area contributed by atoms with Crippen LogP contribution >= 0.6 is 11.5 Å². The third-order valence-corrected chi connectivity index (χ3v) is 4.10. The number of carbonyl (C=O) groups excluding carboxylic acids is 1. The van der Waals surface area contributed by atoms with Gasteiger partial charge >= 0.3 is 5.97 Å². The monoisotopic (exact) mass is 337 g/mol. The number of carbonyl (C=O) groups is 1. The number of benzene rings is 1. The van der Waals surface area contributed by atoms with Crippen molar-refractivity contribution in [1.29, 1.82) is 0 Å². The van der Waals surface area contributed by atoms with Crippen LogP contribution in [-0.4, -0.2) is 21.1 Å². The summed E-state index contributed by atoms with van der Waals surface area (Å²) in [5.41, 5.74) is -0.686. The highest BCUT2D eigenvalue weighted by Gasteiger charge is 2.23. The zero-order chi connectivity index (χ0) is 17.4. The standard InChI is InChI=1S/C17H20FNO3S/c1-16(2,3)22-15(20)11-7-6-10(8-12(11)18)13-9-14(23-19-13)17(4,5)21/h6-9,21H,1-5H3. The van der Waals surface area contributed by atoms with Gasteiger partial charge in [0.05, 0.1) is 21.7 Å². The molecule has 0 aliphatic heterocycles. The molecule has 1 aromatic heterocycles. The van der Waals surface area contributed by atoms with Crippen molar-refractivity contribution in [3.05, 3.63) is 40.5 Å². The first-order chi connectivity index (χ1) is 10.5. The normalized spacial score (nSPS) is 12.3. The van der Waals surface area contributed by atoms with Crippen LogP contribution < -0.4 is 0 Å². The average molecular weight is 337 g/mol. The highest BCUT2D eigenvalue weighted by Crippen LogP contribution is 2.30. The largest absolute Gasteiger partial charge is 0.456 e. The summed E-state index contributed by atoms with van der Waals surface area (Å²) >= 11 is 1.16. The van der Waals surface area contributed by atoms with E-state index in [1.807, 2.05) is 0 Å². The lowest BCUT2D eigenvalue weighted by Gasteiger charge is -2.19. The fourth-order valence-electron chi connectivity index (χ4n) is 1.87. The molecule has 0 unspecified atom stereocenters. The van der Waals surface area contributed by atoms with Gasteiger partial charge in [0.15, 0.2) is 0 Å². The fraction of sp³-hybridized carbons (Fsp3) is 0.412. The van der Waals surface area contributed by atoms with Gasteiger partial charge in [-0.3, -0.25) is 0 Å². The molecule has 23 heavy (non-hydrogen) atoms. The Morgan fingerprint density at radius 2 is 1.87 bits per heavy atom. The van der Waals surface area contributed by atoms with Gasteiger partial charge < -0.3 is 9.84 Å². The molecular formula is C17H20FNO3S. The van der Waals surface area contributed by atoms with Crippen LogP contribution in [-0.2, 0) is 10.3 Å². The maximum Gasteiger partial charge on any atom is 0.341 e. The Bertz CT molecular complexity index is 726. The molecule has 6 heteroatoms. The number of aliphatic hydroxyl groups is 1. The summed E-state index contributed by atoms with van der Waals surface area (Å²) in [5, 5.41) is 9.96. The average Bonchev–Trinajstić information content (AvgIpc) is 2.85. The van der Waals surface area contributed by atoms with Gasteiger partial charge in [-0.15, -0.1) is 0 Å². The van der Waals surface area contributed by atoms with Crippen molar-refractivity contribution < 1.29 is 19.0 Å². The summed E-state index contributed by atoms with van der Waals surface area (Å²) < 4.78 is 23.6. The summed E-state index contributed by atoms with van der Waals surface area (Å²) in [6.45, 7) is 8.51. The van der Waals surface area contributed by atoms with Gasteiger partial charge in [-0.05, 0) is 64.4 Å². The summed E-state index contributed by atoms with van der Waals surface area (Å²) in [7, 11) is 0. The second kappa shape index (κ2) is 6.02. The number of hydrogen-bond acceptors (Lipinski definition) is 5. The van der Waals surface area contributed by atoms with Gasteiger partial charge in [0.2, 0.25) is 0 Å². The lowest BCUT2D eigenvalue weighted by Crippen LogP contribution is -2.24. The maximum atomic E-state index is 14.2. The minimum Gasteiger partial charge on any atom is -0.456 e. The molecule has 2 rings (SSSR count). The molecule has 0 aliphatic rings. The van der Waals surface area contributed by atoms with Gasteiger partial charge in [0, 0.05) is 5.56 Å². The first-order valence-electron chi connectivity index (χ1n) is 7.20. The first kappa shape index (κ1) is 17.6. The number of halogens is 1. The van der Waals surface area contributed by atoms with Gasteiger partial charge in [0.25, 0.3) is 0 Å². The van der Waals surface area contributed by atoms with Crippen molar-refractivity contribution in [3.8, 4) is 11.3 Å². The van der Waals surface area contributed by atoms with E-state index in [4.69, 9.17) is 4.74 Å². The van der Waals surface area contributed by atoms with Crippen molar-refractivity contribution in [3.63, 3.8) is 0 Å². The van der Waals surface area contributed by atoms with Gasteiger partial charge in [0.1, 0.15) is 11.4 Å². The molecule has 1 heterocycles. The molecule has 0 amide bonds. The minimum absolute atomic E-state index is 0.110. The molecule has 0 fully saturated rings.